The van der Waals surface area contributed by atoms with Crippen LogP contribution in [-0.4, -0.2) is 6.61 Å². The van der Waals surface area contributed by atoms with Gasteiger partial charge in [-0.05, 0) is 36.6 Å². The number of hydrogen-bond donors (Lipinski definition) is 0. The van der Waals surface area contributed by atoms with Crippen LogP contribution >= 0.6 is 19.6 Å². The molecule has 2 nitrogen and oxygen atoms in total. The normalized spacial score (nSPS) is 13.7. The van der Waals surface area contributed by atoms with Gasteiger partial charge in [0.05, 0.1) is 6.61 Å². The van der Waals surface area contributed by atoms with Gasteiger partial charge in [-0.2, -0.15) is 0 Å². The summed E-state index contributed by atoms with van der Waals surface area (Å²) < 4.78 is 16.9. The standard InChI is InChI=1S/C13H18ClO2P/c1-3-4-9-16-17(15)10-11(2)12-5-7-13(14)8-6-12/h5-8,10,17H,3-4,9H2,1-2H3/b11-10+. The number of hydrogen-bond acceptors (Lipinski definition) is 2. The van der Waals surface area contributed by atoms with Gasteiger partial charge < -0.3 is 4.52 Å². The zero-order valence-corrected chi connectivity index (χ0v) is 12.0. The molecule has 0 bridgehead atoms. The first kappa shape index (κ1) is 14.5. The molecule has 0 aliphatic carbocycles. The van der Waals surface area contributed by atoms with Crippen molar-refractivity contribution in [2.24, 2.45) is 0 Å². The van der Waals surface area contributed by atoms with Gasteiger partial charge in [-0.3, -0.25) is 4.57 Å². The molecule has 0 saturated carbocycles. The zero-order valence-electron chi connectivity index (χ0n) is 10.2. The Labute approximate surface area is 109 Å². The summed E-state index contributed by atoms with van der Waals surface area (Å²) in [6.45, 7) is 4.57. The summed E-state index contributed by atoms with van der Waals surface area (Å²) in [5.41, 5.74) is 1.98. The van der Waals surface area contributed by atoms with Gasteiger partial charge in [0.2, 0.25) is 8.03 Å². The molecule has 94 valence electrons. The number of benzene rings is 1. The minimum Gasteiger partial charge on any atom is -0.328 e. The molecule has 4 heteroatoms. The lowest BCUT2D eigenvalue weighted by Crippen LogP contribution is -1.84. The van der Waals surface area contributed by atoms with Gasteiger partial charge in [0.25, 0.3) is 0 Å². The maximum absolute atomic E-state index is 11.6. The van der Waals surface area contributed by atoms with E-state index in [0.717, 1.165) is 24.0 Å². The Bertz CT molecular complexity index is 398. The third kappa shape index (κ3) is 5.54. The molecule has 0 saturated heterocycles. The molecule has 0 heterocycles. The first-order valence-corrected chi connectivity index (χ1v) is 7.51. The Balaban J connectivity index is 2.59. The molecule has 1 aromatic rings. The maximum Gasteiger partial charge on any atom is 0.213 e. The third-order valence-electron chi connectivity index (χ3n) is 2.38. The molecule has 0 aliphatic rings. The molecule has 0 spiro atoms. The van der Waals surface area contributed by atoms with Gasteiger partial charge in [0.15, 0.2) is 0 Å². The molecule has 0 aliphatic heterocycles. The van der Waals surface area contributed by atoms with Crippen LogP contribution in [0.2, 0.25) is 5.02 Å². The van der Waals surface area contributed by atoms with E-state index >= 15 is 0 Å². The fraction of sp³-hybridized carbons (Fsp3) is 0.385. The lowest BCUT2D eigenvalue weighted by Gasteiger charge is -2.03. The predicted molar refractivity (Wildman–Crippen MR) is 75.0 cm³/mol. The van der Waals surface area contributed by atoms with Crippen LogP contribution in [0.1, 0.15) is 32.3 Å². The number of rotatable bonds is 6. The van der Waals surface area contributed by atoms with Crippen LogP contribution in [0.3, 0.4) is 0 Å². The number of allylic oxidation sites excluding steroid dienone is 1. The van der Waals surface area contributed by atoms with Crippen LogP contribution in [0.25, 0.3) is 5.57 Å². The largest absolute Gasteiger partial charge is 0.328 e. The Kier molecular flexibility index (Phi) is 6.57. The summed E-state index contributed by atoms with van der Waals surface area (Å²) in [6.07, 6.45) is 2.00. The number of halogens is 1. The van der Waals surface area contributed by atoms with Crippen molar-refractivity contribution in [3.05, 3.63) is 40.7 Å². The molecule has 1 aromatic carbocycles. The van der Waals surface area contributed by atoms with Crippen LogP contribution in [0.4, 0.5) is 0 Å². The highest BCUT2D eigenvalue weighted by atomic mass is 35.5. The second-order valence-electron chi connectivity index (χ2n) is 3.86. The van der Waals surface area contributed by atoms with E-state index in [-0.39, 0.29) is 0 Å². The predicted octanol–water partition coefficient (Wildman–Crippen LogP) is 4.99. The van der Waals surface area contributed by atoms with Crippen molar-refractivity contribution in [2.45, 2.75) is 26.7 Å². The second-order valence-corrected chi connectivity index (χ2v) is 5.51. The number of unbranched alkanes of at least 4 members (excludes halogenated alkanes) is 1. The SMILES string of the molecule is CCCCO[PH](=O)/C=C(\C)c1ccc(Cl)cc1. The van der Waals surface area contributed by atoms with Gasteiger partial charge >= 0.3 is 0 Å². The van der Waals surface area contributed by atoms with Gasteiger partial charge in [0.1, 0.15) is 0 Å². The average Bonchev–Trinajstić information content (AvgIpc) is 2.30. The molecule has 0 fully saturated rings. The van der Waals surface area contributed by atoms with Crippen molar-refractivity contribution < 1.29 is 9.09 Å². The van der Waals surface area contributed by atoms with E-state index in [1.165, 1.54) is 0 Å². The van der Waals surface area contributed by atoms with Crippen molar-refractivity contribution in [1.29, 1.82) is 0 Å². The van der Waals surface area contributed by atoms with E-state index in [4.69, 9.17) is 16.1 Å². The summed E-state index contributed by atoms with van der Waals surface area (Å²) in [5, 5.41) is 0.702. The molecule has 1 rings (SSSR count). The minimum absolute atomic E-state index is 0.568. The molecular formula is C13H18ClO2P. The average molecular weight is 273 g/mol. The molecule has 0 aromatic heterocycles. The smallest absolute Gasteiger partial charge is 0.213 e. The fourth-order valence-electron chi connectivity index (χ4n) is 1.33. The minimum atomic E-state index is -2.06. The Hall–Kier alpha value is -0.560. The molecular weight excluding hydrogens is 255 g/mol. The van der Waals surface area contributed by atoms with Crippen LogP contribution in [-0.2, 0) is 9.09 Å². The first-order chi connectivity index (χ1) is 8.13. The van der Waals surface area contributed by atoms with E-state index in [0.29, 0.717) is 11.6 Å². The topological polar surface area (TPSA) is 26.3 Å². The monoisotopic (exact) mass is 272 g/mol. The third-order valence-corrected chi connectivity index (χ3v) is 3.79. The van der Waals surface area contributed by atoms with Gasteiger partial charge in [-0.15, -0.1) is 0 Å². The second kappa shape index (κ2) is 7.71. The maximum atomic E-state index is 11.6. The molecule has 1 atom stereocenters. The molecule has 17 heavy (non-hydrogen) atoms. The molecule has 0 radical (unpaired) electrons. The van der Waals surface area contributed by atoms with E-state index in [1.807, 2.05) is 31.2 Å². The quantitative estimate of drug-likeness (QED) is 0.538. The highest BCUT2D eigenvalue weighted by Crippen LogP contribution is 2.30. The lowest BCUT2D eigenvalue weighted by molar-refractivity contribution is 0.326. The highest BCUT2D eigenvalue weighted by molar-refractivity contribution is 7.43. The van der Waals surface area contributed by atoms with Gasteiger partial charge in [-0.1, -0.05) is 37.1 Å². The molecule has 1 unspecified atom stereocenters. The van der Waals surface area contributed by atoms with Crippen molar-refractivity contribution in [1.82, 2.24) is 0 Å². The van der Waals surface area contributed by atoms with E-state index in [1.54, 1.807) is 5.82 Å². The van der Waals surface area contributed by atoms with E-state index in [2.05, 4.69) is 6.92 Å². The Morgan fingerprint density at radius 2 is 2.06 bits per heavy atom. The fourth-order valence-corrected chi connectivity index (χ4v) is 2.41. The molecule has 0 amide bonds. The Morgan fingerprint density at radius 3 is 2.65 bits per heavy atom. The summed E-state index contributed by atoms with van der Waals surface area (Å²) in [6, 6.07) is 7.47. The van der Waals surface area contributed by atoms with Crippen molar-refractivity contribution in [3.8, 4) is 0 Å². The van der Waals surface area contributed by atoms with Crippen molar-refractivity contribution >= 4 is 25.2 Å². The lowest BCUT2D eigenvalue weighted by atomic mass is 10.1. The molecule has 0 N–H and O–H groups in total. The van der Waals surface area contributed by atoms with Crippen LogP contribution in [0, 0.1) is 0 Å². The highest BCUT2D eigenvalue weighted by Gasteiger charge is 1.99. The summed E-state index contributed by atoms with van der Waals surface area (Å²) in [4.78, 5) is 0. The Morgan fingerprint density at radius 1 is 1.41 bits per heavy atom. The summed E-state index contributed by atoms with van der Waals surface area (Å²) >= 11 is 5.81. The summed E-state index contributed by atoms with van der Waals surface area (Å²) in [7, 11) is -2.06. The van der Waals surface area contributed by atoms with Crippen LogP contribution in [0.15, 0.2) is 30.1 Å². The zero-order chi connectivity index (χ0) is 12.7. The van der Waals surface area contributed by atoms with E-state index < -0.39 is 8.03 Å². The van der Waals surface area contributed by atoms with Crippen LogP contribution in [0.5, 0.6) is 0 Å². The summed E-state index contributed by atoms with van der Waals surface area (Å²) in [5.74, 6) is 1.70. The first-order valence-electron chi connectivity index (χ1n) is 5.74. The van der Waals surface area contributed by atoms with Gasteiger partial charge in [0, 0.05) is 10.8 Å². The van der Waals surface area contributed by atoms with Crippen LogP contribution < -0.4 is 0 Å². The van der Waals surface area contributed by atoms with Crippen molar-refractivity contribution in [2.75, 3.05) is 6.61 Å². The van der Waals surface area contributed by atoms with Crippen molar-refractivity contribution in [3.63, 3.8) is 0 Å². The van der Waals surface area contributed by atoms with E-state index in [9.17, 15) is 4.57 Å². The van der Waals surface area contributed by atoms with Gasteiger partial charge in [-0.25, -0.2) is 0 Å².